The lowest BCUT2D eigenvalue weighted by Gasteiger charge is -2.36. The molecule has 2 amide bonds. The summed E-state index contributed by atoms with van der Waals surface area (Å²) in [6, 6.07) is 14.3. The quantitative estimate of drug-likeness (QED) is 0.549. The second-order valence-electron chi connectivity index (χ2n) is 8.71. The smallest absolute Gasteiger partial charge is 0.241 e. The molecule has 2 aromatic rings. The molecule has 6 heteroatoms. The van der Waals surface area contributed by atoms with E-state index in [1.54, 1.807) is 0 Å². The monoisotopic (exact) mass is 454 g/mol. The number of ether oxygens (including phenoxy) is 1. The van der Waals surface area contributed by atoms with Gasteiger partial charge in [-0.25, -0.2) is 0 Å². The van der Waals surface area contributed by atoms with Gasteiger partial charge in [-0.05, 0) is 57.4 Å². The summed E-state index contributed by atoms with van der Waals surface area (Å²) in [5.74, 6) is -0.542. The van der Waals surface area contributed by atoms with Crippen LogP contribution in [0.3, 0.4) is 0 Å². The van der Waals surface area contributed by atoms with Crippen LogP contribution in [0.15, 0.2) is 47.4 Å². The van der Waals surface area contributed by atoms with Crippen molar-refractivity contribution < 1.29 is 14.3 Å². The Balaban J connectivity index is 1.75. The molecule has 2 atom stereocenters. The molecule has 0 fully saturated rings. The van der Waals surface area contributed by atoms with Crippen LogP contribution in [-0.4, -0.2) is 36.3 Å². The van der Waals surface area contributed by atoms with Crippen molar-refractivity contribution in [2.45, 2.75) is 63.8 Å². The topological polar surface area (TPSA) is 58.6 Å². The van der Waals surface area contributed by atoms with E-state index in [1.807, 2.05) is 49.9 Å². The molecular weight excluding hydrogens is 420 g/mol. The van der Waals surface area contributed by atoms with E-state index in [0.717, 1.165) is 28.1 Å². The lowest BCUT2D eigenvalue weighted by Crippen LogP contribution is -2.47. The van der Waals surface area contributed by atoms with E-state index in [2.05, 4.69) is 37.4 Å². The molecule has 1 aliphatic rings. The van der Waals surface area contributed by atoms with Crippen molar-refractivity contribution >= 4 is 29.3 Å². The third-order valence-corrected chi connectivity index (χ3v) is 7.15. The summed E-state index contributed by atoms with van der Waals surface area (Å²) in [6.07, 6.45) is 0.938. The number of para-hydroxylation sites is 1. The highest BCUT2D eigenvalue weighted by atomic mass is 32.2. The van der Waals surface area contributed by atoms with Gasteiger partial charge in [0.25, 0.3) is 0 Å². The van der Waals surface area contributed by atoms with Crippen LogP contribution < -0.4 is 10.2 Å². The second-order valence-corrected chi connectivity index (χ2v) is 9.90. The minimum Gasteiger partial charge on any atom is -0.379 e. The number of benzene rings is 2. The molecule has 0 radical (unpaired) electrons. The van der Waals surface area contributed by atoms with Crippen LogP contribution in [0.1, 0.15) is 43.9 Å². The van der Waals surface area contributed by atoms with Crippen molar-refractivity contribution in [3.05, 3.63) is 59.2 Å². The average molecular weight is 455 g/mol. The Labute approximate surface area is 195 Å². The Bertz CT molecular complexity index is 960. The minimum atomic E-state index is -0.457. The molecule has 172 valence electrons. The highest BCUT2D eigenvalue weighted by molar-refractivity contribution is 8.01. The first-order valence-corrected chi connectivity index (χ1v) is 12.2. The maximum atomic E-state index is 13.6. The van der Waals surface area contributed by atoms with Crippen molar-refractivity contribution in [1.29, 1.82) is 0 Å². The molecule has 0 bridgehead atoms. The lowest BCUT2D eigenvalue weighted by molar-refractivity contribution is -0.128. The molecule has 5 nitrogen and oxygen atoms in total. The fourth-order valence-electron chi connectivity index (χ4n) is 3.76. The summed E-state index contributed by atoms with van der Waals surface area (Å²) in [6.45, 7) is 11.6. The number of aryl methyl sites for hydroxylation is 2. The molecule has 1 N–H and O–H groups in total. The number of hydrogen-bond donors (Lipinski definition) is 1. The number of nitrogens with one attached hydrogen (secondary N) is 1. The fourth-order valence-corrected chi connectivity index (χ4v) is 5.05. The van der Waals surface area contributed by atoms with E-state index in [4.69, 9.17) is 4.74 Å². The predicted molar refractivity (Wildman–Crippen MR) is 131 cm³/mol. The van der Waals surface area contributed by atoms with Crippen molar-refractivity contribution in [3.8, 4) is 0 Å². The van der Waals surface area contributed by atoms with Gasteiger partial charge in [0.05, 0.1) is 24.3 Å². The highest BCUT2D eigenvalue weighted by Crippen LogP contribution is 2.42. The molecule has 0 saturated heterocycles. The summed E-state index contributed by atoms with van der Waals surface area (Å²) < 4.78 is 5.53. The molecule has 0 aliphatic carbocycles. The molecule has 0 aromatic heterocycles. The molecule has 0 spiro atoms. The van der Waals surface area contributed by atoms with E-state index in [9.17, 15) is 9.59 Å². The van der Waals surface area contributed by atoms with Crippen molar-refractivity contribution in [2.75, 3.05) is 18.1 Å². The summed E-state index contributed by atoms with van der Waals surface area (Å²) >= 11 is 1.49. The summed E-state index contributed by atoms with van der Waals surface area (Å²) in [7, 11) is 0. The number of hydrogen-bond acceptors (Lipinski definition) is 4. The number of fused-ring (bicyclic) bond motifs is 1. The van der Waals surface area contributed by atoms with Crippen molar-refractivity contribution in [2.24, 2.45) is 5.92 Å². The van der Waals surface area contributed by atoms with Crippen LogP contribution in [0, 0.1) is 19.8 Å². The van der Waals surface area contributed by atoms with Gasteiger partial charge in [-0.15, -0.1) is 11.8 Å². The van der Waals surface area contributed by atoms with Crippen LogP contribution >= 0.6 is 11.8 Å². The van der Waals surface area contributed by atoms with E-state index in [-0.39, 0.29) is 17.9 Å². The predicted octanol–water partition coefficient (Wildman–Crippen LogP) is 4.88. The molecule has 1 aliphatic heterocycles. The normalized spacial score (nSPS) is 16.8. The second kappa shape index (κ2) is 11.0. The van der Waals surface area contributed by atoms with Gasteiger partial charge in [0.1, 0.15) is 5.25 Å². The van der Waals surface area contributed by atoms with Gasteiger partial charge in [0, 0.05) is 18.0 Å². The van der Waals surface area contributed by atoms with Gasteiger partial charge in [0.15, 0.2) is 0 Å². The number of thioether (sulfide) groups is 1. The third-order valence-electron chi connectivity index (χ3n) is 5.69. The fraction of sp³-hybridized carbons (Fsp3) is 0.462. The van der Waals surface area contributed by atoms with Crippen LogP contribution in [0.2, 0.25) is 0 Å². The zero-order valence-electron chi connectivity index (χ0n) is 19.7. The number of anilines is 1. The molecular formula is C26H34N2O3S. The standard InChI is InChI=1S/C26H34N2O3S/c1-17(2)31-14-8-13-27-25(29)20(5)24-26(30)28(22-9-6-7-10-23(22)32-24)16-21-15-18(3)11-12-19(21)4/h6-7,9-12,15,17,20,24H,8,13-14,16H2,1-5H3,(H,27,29)/t20-,24+/m0/s1. The van der Waals surface area contributed by atoms with Crippen molar-refractivity contribution in [3.63, 3.8) is 0 Å². The zero-order chi connectivity index (χ0) is 23.3. The van der Waals surface area contributed by atoms with Gasteiger partial charge in [-0.1, -0.05) is 42.8 Å². The maximum Gasteiger partial charge on any atom is 0.241 e. The molecule has 2 aromatic carbocycles. The highest BCUT2D eigenvalue weighted by Gasteiger charge is 2.39. The Morgan fingerprint density at radius 2 is 1.91 bits per heavy atom. The maximum absolute atomic E-state index is 13.6. The zero-order valence-corrected chi connectivity index (χ0v) is 20.5. The van der Waals surface area contributed by atoms with Crippen LogP contribution in [0.5, 0.6) is 0 Å². The SMILES string of the molecule is Cc1ccc(C)c(CN2C(=O)[C@@H]([C@H](C)C(=O)NCCCOC(C)C)Sc3ccccc32)c1. The Morgan fingerprint density at radius 1 is 1.16 bits per heavy atom. The average Bonchev–Trinajstić information content (AvgIpc) is 2.76. The molecule has 3 rings (SSSR count). The largest absolute Gasteiger partial charge is 0.379 e. The van der Waals surface area contributed by atoms with E-state index >= 15 is 0 Å². The van der Waals surface area contributed by atoms with Gasteiger partial charge < -0.3 is 15.0 Å². The first-order chi connectivity index (χ1) is 15.3. The molecule has 32 heavy (non-hydrogen) atoms. The number of rotatable bonds is 9. The molecule has 1 heterocycles. The van der Waals surface area contributed by atoms with Crippen molar-refractivity contribution in [1.82, 2.24) is 5.32 Å². The Morgan fingerprint density at radius 3 is 2.66 bits per heavy atom. The summed E-state index contributed by atoms with van der Waals surface area (Å²) in [4.78, 5) is 29.3. The van der Waals surface area contributed by atoms with Gasteiger partial charge >= 0.3 is 0 Å². The van der Waals surface area contributed by atoms with Crippen LogP contribution in [0.25, 0.3) is 0 Å². The third kappa shape index (κ3) is 5.93. The molecule has 0 unspecified atom stereocenters. The van der Waals surface area contributed by atoms with Gasteiger partial charge in [-0.2, -0.15) is 0 Å². The van der Waals surface area contributed by atoms with Gasteiger partial charge in [-0.3, -0.25) is 9.59 Å². The minimum absolute atomic E-state index is 0.0135. The number of amides is 2. The first-order valence-electron chi connectivity index (χ1n) is 11.3. The first kappa shape index (κ1) is 24.3. The Hall–Kier alpha value is -2.31. The van der Waals surface area contributed by atoms with Crippen LogP contribution in [0.4, 0.5) is 5.69 Å². The van der Waals surface area contributed by atoms with Crippen LogP contribution in [-0.2, 0) is 20.9 Å². The van der Waals surface area contributed by atoms with E-state index < -0.39 is 11.2 Å². The van der Waals surface area contributed by atoms with Gasteiger partial charge in [0.2, 0.25) is 11.8 Å². The summed E-state index contributed by atoms with van der Waals surface area (Å²) in [5, 5.41) is 2.52. The number of nitrogens with zero attached hydrogens (tertiary/aromatic N) is 1. The van der Waals surface area contributed by atoms with E-state index in [1.165, 1.54) is 17.3 Å². The van der Waals surface area contributed by atoms with E-state index in [0.29, 0.717) is 19.7 Å². The lowest BCUT2D eigenvalue weighted by atomic mass is 10.0. The molecule has 0 saturated carbocycles. The number of carbonyl (C=O) groups is 2. The Kier molecular flexibility index (Phi) is 8.38. The number of carbonyl (C=O) groups excluding carboxylic acids is 2. The summed E-state index contributed by atoms with van der Waals surface area (Å²) in [5.41, 5.74) is 4.37.